The van der Waals surface area contributed by atoms with Crippen molar-refractivity contribution < 1.29 is 9.90 Å². The Labute approximate surface area is 137 Å². The van der Waals surface area contributed by atoms with Crippen LogP contribution in [0.3, 0.4) is 0 Å². The Kier molecular flexibility index (Phi) is 5.22. The summed E-state index contributed by atoms with van der Waals surface area (Å²) >= 11 is 15.8. The molecule has 0 aliphatic carbocycles. The van der Waals surface area contributed by atoms with E-state index in [0.717, 1.165) is 5.56 Å². The van der Waals surface area contributed by atoms with Gasteiger partial charge in [-0.25, -0.2) is 4.79 Å². The lowest BCUT2D eigenvalue weighted by Crippen LogP contribution is -2.26. The maximum atomic E-state index is 12.0. The first-order valence-electron chi connectivity index (χ1n) is 5.96. The zero-order valence-corrected chi connectivity index (χ0v) is 13.2. The number of halogens is 2. The van der Waals surface area contributed by atoms with E-state index in [1.165, 1.54) is 16.4 Å². The minimum atomic E-state index is -0.504. The molecule has 0 fully saturated rings. The standard InChI is InChI=1S/C14H12Cl2N2O2S/c15-10-6-11(16)13(19)12(7-10)17-14(20)18(21)8-9-4-2-1-3-5-9/h1-7,19,21H,8H2,(H,17,20). The van der Waals surface area contributed by atoms with Gasteiger partial charge in [0, 0.05) is 5.02 Å². The molecule has 7 heteroatoms. The molecule has 0 atom stereocenters. The van der Waals surface area contributed by atoms with Gasteiger partial charge in [0.05, 0.1) is 17.3 Å². The monoisotopic (exact) mass is 342 g/mol. The smallest absolute Gasteiger partial charge is 0.332 e. The van der Waals surface area contributed by atoms with Crippen LogP contribution in [0.2, 0.25) is 10.0 Å². The Balaban J connectivity index is 2.08. The summed E-state index contributed by atoms with van der Waals surface area (Å²) in [5.41, 5.74) is 1.06. The second-order valence-electron chi connectivity index (χ2n) is 4.26. The highest BCUT2D eigenvalue weighted by Gasteiger charge is 2.15. The van der Waals surface area contributed by atoms with Crippen molar-refractivity contribution in [3.05, 3.63) is 58.1 Å². The molecule has 0 saturated heterocycles. The van der Waals surface area contributed by atoms with E-state index in [4.69, 9.17) is 23.2 Å². The fraction of sp³-hybridized carbons (Fsp3) is 0.0714. The van der Waals surface area contributed by atoms with Crippen LogP contribution in [0, 0.1) is 0 Å². The van der Waals surface area contributed by atoms with E-state index < -0.39 is 6.03 Å². The lowest BCUT2D eigenvalue weighted by atomic mass is 10.2. The molecule has 0 bridgehead atoms. The van der Waals surface area contributed by atoms with Gasteiger partial charge in [0.1, 0.15) is 0 Å². The lowest BCUT2D eigenvalue weighted by molar-refractivity contribution is 0.238. The summed E-state index contributed by atoms with van der Waals surface area (Å²) in [7, 11) is 0. The van der Waals surface area contributed by atoms with Gasteiger partial charge in [-0.2, -0.15) is 0 Å². The average molecular weight is 343 g/mol. The number of nitrogens with one attached hydrogen (secondary N) is 1. The Morgan fingerprint density at radius 1 is 1.24 bits per heavy atom. The van der Waals surface area contributed by atoms with E-state index >= 15 is 0 Å². The first kappa shape index (κ1) is 15.8. The SMILES string of the molecule is O=C(Nc1cc(Cl)cc(Cl)c1O)N(S)Cc1ccccc1. The zero-order valence-electron chi connectivity index (χ0n) is 10.8. The van der Waals surface area contributed by atoms with E-state index in [2.05, 4.69) is 18.1 Å². The van der Waals surface area contributed by atoms with E-state index in [1.54, 1.807) is 0 Å². The Hall–Kier alpha value is -1.56. The molecule has 4 nitrogen and oxygen atoms in total. The van der Waals surface area contributed by atoms with Gasteiger partial charge >= 0.3 is 6.03 Å². The molecule has 0 spiro atoms. The fourth-order valence-electron chi connectivity index (χ4n) is 1.67. The van der Waals surface area contributed by atoms with Crippen LogP contribution in [0.25, 0.3) is 0 Å². The molecule has 2 rings (SSSR count). The molecule has 0 aliphatic rings. The van der Waals surface area contributed by atoms with E-state index in [-0.39, 0.29) is 16.5 Å². The van der Waals surface area contributed by atoms with Crippen molar-refractivity contribution >= 4 is 47.7 Å². The normalized spacial score (nSPS) is 10.2. The van der Waals surface area contributed by atoms with Crippen molar-refractivity contribution in [3.8, 4) is 5.75 Å². The van der Waals surface area contributed by atoms with Gasteiger partial charge < -0.3 is 10.4 Å². The number of thiol groups is 1. The third kappa shape index (κ3) is 4.20. The highest BCUT2D eigenvalue weighted by Crippen LogP contribution is 2.35. The van der Waals surface area contributed by atoms with Crippen LogP contribution < -0.4 is 5.32 Å². The van der Waals surface area contributed by atoms with Gasteiger partial charge in [0.25, 0.3) is 0 Å². The predicted molar refractivity (Wildman–Crippen MR) is 88.1 cm³/mol. The Morgan fingerprint density at radius 2 is 1.90 bits per heavy atom. The van der Waals surface area contributed by atoms with Crippen LogP contribution in [0.1, 0.15) is 5.56 Å². The number of nitrogens with zero attached hydrogens (tertiary/aromatic N) is 1. The first-order valence-corrected chi connectivity index (χ1v) is 7.12. The zero-order chi connectivity index (χ0) is 15.4. The largest absolute Gasteiger partial charge is 0.504 e. The Morgan fingerprint density at radius 3 is 2.57 bits per heavy atom. The summed E-state index contributed by atoms with van der Waals surface area (Å²) in [4.78, 5) is 12.0. The molecule has 0 aromatic heterocycles. The quantitative estimate of drug-likeness (QED) is 0.564. The molecule has 0 heterocycles. The molecule has 2 N–H and O–H groups in total. The maximum absolute atomic E-state index is 12.0. The van der Waals surface area contributed by atoms with Crippen molar-refractivity contribution in [2.24, 2.45) is 0 Å². The van der Waals surface area contributed by atoms with E-state index in [0.29, 0.717) is 11.6 Å². The van der Waals surface area contributed by atoms with Crippen molar-refractivity contribution in [1.82, 2.24) is 4.31 Å². The number of carbonyl (C=O) groups excluding carboxylic acids is 1. The molecular formula is C14H12Cl2N2O2S. The van der Waals surface area contributed by atoms with Crippen molar-refractivity contribution in [2.75, 3.05) is 5.32 Å². The fourth-order valence-corrected chi connectivity index (χ4v) is 2.38. The predicted octanol–water partition coefficient (Wildman–Crippen LogP) is 4.58. The number of amides is 2. The van der Waals surface area contributed by atoms with Gasteiger partial charge in [0.2, 0.25) is 0 Å². The number of aromatic hydroxyl groups is 1. The number of carbonyl (C=O) groups is 1. The van der Waals surface area contributed by atoms with Crippen LogP contribution in [-0.2, 0) is 6.54 Å². The molecule has 2 aromatic rings. The third-order valence-electron chi connectivity index (χ3n) is 2.68. The van der Waals surface area contributed by atoms with E-state index in [9.17, 15) is 9.90 Å². The third-order valence-corrected chi connectivity index (χ3v) is 3.51. The van der Waals surface area contributed by atoms with Crippen LogP contribution >= 0.6 is 36.0 Å². The summed E-state index contributed by atoms with van der Waals surface area (Å²) < 4.78 is 1.18. The van der Waals surface area contributed by atoms with Crippen molar-refractivity contribution in [2.45, 2.75) is 6.54 Å². The number of benzene rings is 2. The molecular weight excluding hydrogens is 331 g/mol. The number of hydrogen-bond donors (Lipinski definition) is 3. The summed E-state index contributed by atoms with van der Waals surface area (Å²) in [6, 6.07) is 11.7. The topological polar surface area (TPSA) is 52.6 Å². The molecule has 21 heavy (non-hydrogen) atoms. The van der Waals surface area contributed by atoms with E-state index in [1.807, 2.05) is 30.3 Å². The number of phenols is 1. The second kappa shape index (κ2) is 6.93. The van der Waals surface area contributed by atoms with Gasteiger partial charge in [-0.1, -0.05) is 66.3 Å². The molecule has 110 valence electrons. The number of hydrogen-bond acceptors (Lipinski definition) is 3. The summed E-state index contributed by atoms with van der Waals surface area (Å²) in [5, 5.41) is 12.7. The first-order chi connectivity index (χ1) is 9.97. The highest BCUT2D eigenvalue weighted by atomic mass is 35.5. The molecule has 0 radical (unpaired) electrons. The summed E-state index contributed by atoms with van der Waals surface area (Å²) in [5.74, 6) is -0.240. The number of urea groups is 1. The Bertz CT molecular complexity index is 653. The van der Waals surface area contributed by atoms with Gasteiger partial charge in [-0.3, -0.25) is 4.31 Å². The number of anilines is 1. The minimum absolute atomic E-state index is 0.0616. The molecule has 0 saturated carbocycles. The summed E-state index contributed by atoms with van der Waals surface area (Å²) in [6.07, 6.45) is 0. The molecule has 2 aromatic carbocycles. The van der Waals surface area contributed by atoms with Gasteiger partial charge in [-0.05, 0) is 17.7 Å². The van der Waals surface area contributed by atoms with Crippen LogP contribution in [0.5, 0.6) is 5.75 Å². The second-order valence-corrected chi connectivity index (χ2v) is 5.58. The molecule has 2 amide bonds. The summed E-state index contributed by atoms with van der Waals surface area (Å²) in [6.45, 7) is 0.310. The van der Waals surface area contributed by atoms with Crippen LogP contribution in [0.15, 0.2) is 42.5 Å². The highest BCUT2D eigenvalue weighted by molar-refractivity contribution is 7.78. The lowest BCUT2D eigenvalue weighted by Gasteiger charge is -2.17. The van der Waals surface area contributed by atoms with Crippen molar-refractivity contribution in [3.63, 3.8) is 0 Å². The minimum Gasteiger partial charge on any atom is -0.504 e. The van der Waals surface area contributed by atoms with Gasteiger partial charge in [0.15, 0.2) is 5.75 Å². The maximum Gasteiger partial charge on any atom is 0.332 e. The molecule has 0 aliphatic heterocycles. The average Bonchev–Trinajstić information content (AvgIpc) is 2.45. The van der Waals surface area contributed by atoms with Gasteiger partial charge in [-0.15, -0.1) is 0 Å². The molecule has 0 unspecified atom stereocenters. The number of phenolic OH excluding ortho intramolecular Hbond substituents is 1. The number of rotatable bonds is 3. The van der Waals surface area contributed by atoms with Crippen LogP contribution in [-0.4, -0.2) is 15.4 Å². The van der Waals surface area contributed by atoms with Crippen LogP contribution in [0.4, 0.5) is 10.5 Å². The van der Waals surface area contributed by atoms with Crippen molar-refractivity contribution in [1.29, 1.82) is 0 Å².